The molecule has 33 heavy (non-hydrogen) atoms. The summed E-state index contributed by atoms with van der Waals surface area (Å²) >= 11 is 1.54. The minimum atomic E-state index is -0.225. The van der Waals surface area contributed by atoms with Crippen LogP contribution in [0.4, 0.5) is 5.69 Å². The number of likely N-dealkylation sites (N-methyl/N-ethyl adjacent to an activating group) is 1. The molecule has 3 aromatic carbocycles. The van der Waals surface area contributed by atoms with Crippen LogP contribution in [-0.4, -0.2) is 40.3 Å². The Morgan fingerprint density at radius 3 is 2.42 bits per heavy atom. The second-order valence-electron chi connectivity index (χ2n) is 7.98. The molecule has 4 aromatic rings. The Kier molecular flexibility index (Phi) is 6.79. The van der Waals surface area contributed by atoms with Gasteiger partial charge in [-0.05, 0) is 48.7 Å². The lowest BCUT2D eigenvalue weighted by molar-refractivity contribution is -0.116. The molecule has 4 rings (SSSR count). The van der Waals surface area contributed by atoms with Crippen LogP contribution in [-0.2, 0) is 10.5 Å². The molecule has 7 heteroatoms. The molecule has 1 heterocycles. The Morgan fingerprint density at radius 2 is 1.67 bits per heavy atom. The van der Waals surface area contributed by atoms with E-state index in [1.54, 1.807) is 24.9 Å². The number of aromatic nitrogens is 2. The molecule has 0 atom stereocenters. The Balaban J connectivity index is 1.42. The van der Waals surface area contributed by atoms with Gasteiger partial charge in [-0.2, -0.15) is 0 Å². The molecule has 1 aromatic heterocycles. The summed E-state index contributed by atoms with van der Waals surface area (Å²) in [7, 11) is 1.65. The van der Waals surface area contributed by atoms with Crippen molar-refractivity contribution in [1.82, 2.24) is 14.9 Å². The number of anilines is 1. The van der Waals surface area contributed by atoms with E-state index in [2.05, 4.69) is 15.3 Å². The second-order valence-corrected chi connectivity index (χ2v) is 8.95. The van der Waals surface area contributed by atoms with Crippen molar-refractivity contribution in [2.75, 3.05) is 18.9 Å². The minimum Gasteiger partial charge on any atom is -0.333 e. The van der Waals surface area contributed by atoms with E-state index in [0.717, 1.165) is 38.6 Å². The highest BCUT2D eigenvalue weighted by Gasteiger charge is 2.19. The lowest BCUT2D eigenvalue weighted by atomic mass is 10.1. The maximum atomic E-state index is 13.2. The molecule has 0 fully saturated rings. The number of rotatable bonds is 7. The number of aromatic amines is 1. The summed E-state index contributed by atoms with van der Waals surface area (Å²) in [6.45, 7) is 3.87. The van der Waals surface area contributed by atoms with Gasteiger partial charge in [-0.25, -0.2) is 4.98 Å². The van der Waals surface area contributed by atoms with Crippen molar-refractivity contribution in [2.45, 2.75) is 24.8 Å². The van der Waals surface area contributed by atoms with Crippen LogP contribution in [0.25, 0.3) is 11.0 Å². The van der Waals surface area contributed by atoms with Crippen LogP contribution in [0.2, 0.25) is 0 Å². The van der Waals surface area contributed by atoms with Crippen molar-refractivity contribution in [3.8, 4) is 0 Å². The van der Waals surface area contributed by atoms with Crippen LogP contribution in [0.5, 0.6) is 0 Å². The Labute approximate surface area is 197 Å². The molecule has 0 saturated carbocycles. The highest BCUT2D eigenvalue weighted by Crippen LogP contribution is 2.25. The molecule has 0 aliphatic heterocycles. The van der Waals surface area contributed by atoms with Crippen molar-refractivity contribution >= 4 is 40.3 Å². The molecule has 2 amide bonds. The maximum absolute atomic E-state index is 13.2. The van der Waals surface area contributed by atoms with Crippen LogP contribution < -0.4 is 5.32 Å². The number of fused-ring (bicyclic) bond motifs is 1. The molecule has 0 saturated heterocycles. The van der Waals surface area contributed by atoms with E-state index in [4.69, 9.17) is 0 Å². The quantitative estimate of drug-likeness (QED) is 0.374. The summed E-state index contributed by atoms with van der Waals surface area (Å²) in [6.07, 6.45) is 0. The molecule has 0 spiro atoms. The Hall–Kier alpha value is -3.58. The molecule has 0 radical (unpaired) electrons. The number of nitrogens with one attached hydrogen (secondary N) is 2. The van der Waals surface area contributed by atoms with E-state index in [1.165, 1.54) is 4.90 Å². The number of nitrogens with zero attached hydrogens (tertiary/aromatic N) is 2. The first kappa shape index (κ1) is 22.6. The average molecular weight is 459 g/mol. The zero-order valence-corrected chi connectivity index (χ0v) is 19.7. The van der Waals surface area contributed by atoms with E-state index >= 15 is 0 Å². The molecule has 6 nitrogen and oxygen atoms in total. The largest absolute Gasteiger partial charge is 0.333 e. The van der Waals surface area contributed by atoms with Gasteiger partial charge in [-0.15, -0.1) is 0 Å². The molecular weight excluding hydrogens is 432 g/mol. The highest BCUT2D eigenvalue weighted by molar-refractivity contribution is 7.98. The molecule has 0 unspecified atom stereocenters. The van der Waals surface area contributed by atoms with Crippen molar-refractivity contribution in [3.63, 3.8) is 0 Å². The van der Waals surface area contributed by atoms with Crippen LogP contribution in [0.1, 0.15) is 27.0 Å². The van der Waals surface area contributed by atoms with Crippen LogP contribution in [0.3, 0.4) is 0 Å². The Bertz CT molecular complexity index is 1260. The summed E-state index contributed by atoms with van der Waals surface area (Å²) in [5, 5.41) is 3.75. The van der Waals surface area contributed by atoms with Gasteiger partial charge in [0.25, 0.3) is 5.91 Å². The van der Waals surface area contributed by atoms with Gasteiger partial charge in [0.05, 0.1) is 17.6 Å². The van der Waals surface area contributed by atoms with Gasteiger partial charge in [0.15, 0.2) is 5.16 Å². The summed E-state index contributed by atoms with van der Waals surface area (Å²) in [6, 6.07) is 21.2. The molecule has 0 bridgehead atoms. The third kappa shape index (κ3) is 5.26. The summed E-state index contributed by atoms with van der Waals surface area (Å²) in [5.74, 6) is 0.175. The number of para-hydroxylation sites is 3. The lowest BCUT2D eigenvalue weighted by Gasteiger charge is -2.19. The molecule has 2 N–H and O–H groups in total. The van der Waals surface area contributed by atoms with Crippen molar-refractivity contribution in [3.05, 3.63) is 89.0 Å². The van der Waals surface area contributed by atoms with Crippen molar-refractivity contribution in [2.24, 2.45) is 0 Å². The van der Waals surface area contributed by atoms with E-state index in [1.807, 2.05) is 74.5 Å². The third-order valence-electron chi connectivity index (χ3n) is 5.45. The van der Waals surface area contributed by atoms with Crippen LogP contribution >= 0.6 is 11.8 Å². The first-order valence-electron chi connectivity index (χ1n) is 10.7. The van der Waals surface area contributed by atoms with Gasteiger partial charge < -0.3 is 15.2 Å². The molecule has 0 aliphatic rings. The van der Waals surface area contributed by atoms with Gasteiger partial charge in [-0.3, -0.25) is 9.59 Å². The predicted octanol–water partition coefficient (Wildman–Crippen LogP) is 5.18. The zero-order valence-electron chi connectivity index (χ0n) is 18.9. The summed E-state index contributed by atoms with van der Waals surface area (Å²) < 4.78 is 0. The van der Waals surface area contributed by atoms with Gasteiger partial charge in [0.1, 0.15) is 0 Å². The number of aryl methyl sites for hydroxylation is 2. The molecular formula is C26H26N4O2S. The topological polar surface area (TPSA) is 78.1 Å². The second kappa shape index (κ2) is 9.92. The van der Waals surface area contributed by atoms with Gasteiger partial charge in [0, 0.05) is 24.1 Å². The van der Waals surface area contributed by atoms with Crippen molar-refractivity contribution < 1.29 is 9.59 Å². The zero-order chi connectivity index (χ0) is 23.4. The van der Waals surface area contributed by atoms with Gasteiger partial charge >= 0.3 is 0 Å². The number of H-pyrrole nitrogens is 1. The van der Waals surface area contributed by atoms with Gasteiger partial charge in [0.2, 0.25) is 5.91 Å². The molecule has 0 aliphatic carbocycles. The van der Waals surface area contributed by atoms with E-state index in [-0.39, 0.29) is 18.4 Å². The van der Waals surface area contributed by atoms with Crippen molar-refractivity contribution in [1.29, 1.82) is 0 Å². The number of hydrogen-bond donors (Lipinski definition) is 2. The number of benzene rings is 3. The lowest BCUT2D eigenvalue weighted by Crippen LogP contribution is -2.35. The van der Waals surface area contributed by atoms with E-state index < -0.39 is 0 Å². The number of carbonyl (C=O) groups excluding carboxylic acids is 2. The van der Waals surface area contributed by atoms with Crippen LogP contribution in [0, 0.1) is 13.8 Å². The number of imidazole rings is 1. The number of amides is 2. The minimum absolute atomic E-state index is 0.0301. The molecule has 168 valence electrons. The van der Waals surface area contributed by atoms with E-state index in [0.29, 0.717) is 11.3 Å². The number of thioether (sulfide) groups is 1. The highest BCUT2D eigenvalue weighted by atomic mass is 32.2. The maximum Gasteiger partial charge on any atom is 0.254 e. The number of carbonyl (C=O) groups is 2. The smallest absolute Gasteiger partial charge is 0.254 e. The number of hydrogen-bond acceptors (Lipinski definition) is 4. The normalized spacial score (nSPS) is 10.9. The predicted molar refractivity (Wildman–Crippen MR) is 134 cm³/mol. The first-order valence-corrected chi connectivity index (χ1v) is 11.7. The fourth-order valence-corrected chi connectivity index (χ4v) is 4.57. The Morgan fingerprint density at radius 1 is 0.970 bits per heavy atom. The fraction of sp³-hybridized carbons (Fsp3) is 0.192. The SMILES string of the molecule is Cc1cccc(C)c1NC(=O)CN(C)C(=O)c1ccccc1CSc1nc2ccccc2[nH]1. The average Bonchev–Trinajstić information content (AvgIpc) is 3.23. The van der Waals surface area contributed by atoms with Crippen LogP contribution in [0.15, 0.2) is 71.9 Å². The first-order chi connectivity index (χ1) is 15.9. The standard InChI is InChI=1S/C26H26N4O2S/c1-17-9-8-10-18(2)24(17)29-23(31)15-30(3)25(32)20-12-5-4-11-19(20)16-33-26-27-21-13-6-7-14-22(21)28-26/h4-14H,15-16H2,1-3H3,(H,27,28)(H,29,31). The van der Waals surface area contributed by atoms with E-state index in [9.17, 15) is 9.59 Å². The fourth-order valence-electron chi connectivity index (χ4n) is 3.68. The monoisotopic (exact) mass is 458 g/mol. The summed E-state index contributed by atoms with van der Waals surface area (Å²) in [5.41, 5.74) is 6.16. The third-order valence-corrected chi connectivity index (χ3v) is 6.37. The van der Waals surface area contributed by atoms with Gasteiger partial charge in [-0.1, -0.05) is 60.3 Å². The summed E-state index contributed by atoms with van der Waals surface area (Å²) in [4.78, 5) is 35.1.